The van der Waals surface area contributed by atoms with Crippen LogP contribution in [0.15, 0.2) is 0 Å². The molecule has 2 fully saturated rings. The van der Waals surface area contributed by atoms with Gasteiger partial charge >= 0.3 is 6.03 Å². The van der Waals surface area contributed by atoms with Gasteiger partial charge in [0.15, 0.2) is 0 Å². The van der Waals surface area contributed by atoms with Crippen molar-refractivity contribution in [1.29, 1.82) is 0 Å². The summed E-state index contributed by atoms with van der Waals surface area (Å²) in [6.45, 7) is 6.19. The first-order valence-corrected chi connectivity index (χ1v) is 9.23. The topological polar surface area (TPSA) is 65.0 Å². The number of aliphatic hydroxyl groups is 1. The maximum Gasteiger partial charge on any atom is 0.317 e. The lowest BCUT2D eigenvalue weighted by molar-refractivity contribution is 0.0385. The Morgan fingerprint density at radius 1 is 1.17 bits per heavy atom. The van der Waals surface area contributed by atoms with Crippen LogP contribution in [0.25, 0.3) is 0 Å². The van der Waals surface area contributed by atoms with Crippen LogP contribution in [0.1, 0.15) is 38.5 Å². The van der Waals surface area contributed by atoms with Gasteiger partial charge in [-0.05, 0) is 12.3 Å². The number of nitrogens with one attached hydrogen (secondary N) is 1. The highest BCUT2D eigenvalue weighted by atomic mass is 16.5. The van der Waals surface area contributed by atoms with Gasteiger partial charge in [-0.2, -0.15) is 0 Å². The van der Waals surface area contributed by atoms with E-state index in [1.165, 1.54) is 32.1 Å². The van der Waals surface area contributed by atoms with Gasteiger partial charge < -0.3 is 20.1 Å². The number of carbonyl (C=O) groups excluding carboxylic acids is 1. The predicted molar refractivity (Wildman–Crippen MR) is 90.5 cm³/mol. The maximum atomic E-state index is 12.3. The minimum atomic E-state index is -0.0388. The van der Waals surface area contributed by atoms with Crippen molar-refractivity contribution < 1.29 is 14.6 Å². The lowest BCUT2D eigenvalue weighted by Gasteiger charge is -2.28. The van der Waals surface area contributed by atoms with Gasteiger partial charge in [-0.15, -0.1) is 0 Å². The standard InChI is InChI=1S/C17H33N3O3/c21-13-10-20(8-6-16-4-2-1-3-5-16)17(22)18-7-9-19-11-14-23-15-12-19/h16,21H,1-15H2,(H,18,22). The molecule has 2 amide bonds. The number of amides is 2. The monoisotopic (exact) mass is 327 g/mol. The normalized spacial score (nSPS) is 20.4. The molecule has 0 bridgehead atoms. The quantitative estimate of drug-likeness (QED) is 0.705. The molecule has 0 unspecified atom stereocenters. The summed E-state index contributed by atoms with van der Waals surface area (Å²) < 4.78 is 5.32. The van der Waals surface area contributed by atoms with Crippen LogP contribution in [0.2, 0.25) is 0 Å². The van der Waals surface area contributed by atoms with Crippen LogP contribution in [0.4, 0.5) is 4.79 Å². The van der Waals surface area contributed by atoms with E-state index >= 15 is 0 Å². The Labute approximate surface area is 140 Å². The summed E-state index contributed by atoms with van der Waals surface area (Å²) in [5.41, 5.74) is 0. The smallest absolute Gasteiger partial charge is 0.317 e. The van der Waals surface area contributed by atoms with Crippen molar-refractivity contribution in [3.8, 4) is 0 Å². The zero-order valence-electron chi connectivity index (χ0n) is 14.3. The lowest BCUT2D eigenvalue weighted by Crippen LogP contribution is -2.46. The third-order valence-electron chi connectivity index (χ3n) is 5.00. The SMILES string of the molecule is O=C(NCCN1CCOCC1)N(CCO)CCC1CCCCC1. The van der Waals surface area contributed by atoms with E-state index in [1.54, 1.807) is 4.90 Å². The highest BCUT2D eigenvalue weighted by molar-refractivity contribution is 5.74. The maximum absolute atomic E-state index is 12.3. The second kappa shape index (κ2) is 10.8. The fourth-order valence-corrected chi connectivity index (χ4v) is 3.51. The first-order valence-electron chi connectivity index (χ1n) is 9.23. The van der Waals surface area contributed by atoms with Crippen LogP contribution in [0.3, 0.4) is 0 Å². The van der Waals surface area contributed by atoms with Crippen LogP contribution in [-0.4, -0.2) is 80.0 Å². The predicted octanol–water partition coefficient (Wildman–Crippen LogP) is 1.29. The van der Waals surface area contributed by atoms with E-state index in [0.29, 0.717) is 13.1 Å². The molecule has 0 spiro atoms. The summed E-state index contributed by atoms with van der Waals surface area (Å²) in [5.74, 6) is 0.756. The van der Waals surface area contributed by atoms with Crippen molar-refractivity contribution in [3.63, 3.8) is 0 Å². The van der Waals surface area contributed by atoms with Crippen molar-refractivity contribution in [2.24, 2.45) is 5.92 Å². The highest BCUT2D eigenvalue weighted by Gasteiger charge is 2.18. The number of nitrogens with zero attached hydrogens (tertiary/aromatic N) is 2. The second-order valence-electron chi connectivity index (χ2n) is 6.69. The fraction of sp³-hybridized carbons (Fsp3) is 0.941. The van der Waals surface area contributed by atoms with Crippen LogP contribution in [0, 0.1) is 5.92 Å². The van der Waals surface area contributed by atoms with Crippen LogP contribution in [0.5, 0.6) is 0 Å². The minimum absolute atomic E-state index is 0.0293. The molecule has 0 aromatic heterocycles. The molecule has 134 valence electrons. The first kappa shape index (κ1) is 18.5. The van der Waals surface area contributed by atoms with Gasteiger partial charge in [-0.1, -0.05) is 32.1 Å². The van der Waals surface area contributed by atoms with Gasteiger partial charge in [-0.3, -0.25) is 4.90 Å². The Hall–Kier alpha value is -0.850. The van der Waals surface area contributed by atoms with E-state index < -0.39 is 0 Å². The summed E-state index contributed by atoms with van der Waals surface area (Å²) in [6, 6.07) is -0.0388. The van der Waals surface area contributed by atoms with Gasteiger partial charge in [0.05, 0.1) is 19.8 Å². The Balaban J connectivity index is 1.64. The van der Waals surface area contributed by atoms with Crippen LogP contribution < -0.4 is 5.32 Å². The van der Waals surface area contributed by atoms with Gasteiger partial charge in [0.25, 0.3) is 0 Å². The van der Waals surface area contributed by atoms with Crippen molar-refractivity contribution >= 4 is 6.03 Å². The molecule has 0 atom stereocenters. The largest absolute Gasteiger partial charge is 0.395 e. The fourth-order valence-electron chi connectivity index (χ4n) is 3.51. The number of urea groups is 1. The number of hydrogen-bond donors (Lipinski definition) is 2. The third kappa shape index (κ3) is 7.06. The van der Waals surface area contributed by atoms with Gasteiger partial charge in [-0.25, -0.2) is 4.79 Å². The summed E-state index contributed by atoms with van der Waals surface area (Å²) in [5, 5.41) is 12.2. The molecular weight excluding hydrogens is 294 g/mol. The molecule has 1 aliphatic carbocycles. The molecule has 6 nitrogen and oxygen atoms in total. The summed E-state index contributed by atoms with van der Waals surface area (Å²) in [6.07, 6.45) is 7.68. The Bertz CT molecular complexity index is 329. The number of aliphatic hydroxyl groups excluding tert-OH is 1. The Morgan fingerprint density at radius 3 is 2.61 bits per heavy atom. The number of ether oxygens (including phenoxy) is 1. The molecule has 1 aliphatic heterocycles. The van der Waals surface area contributed by atoms with Crippen molar-refractivity contribution in [2.75, 3.05) is 59.1 Å². The molecule has 0 radical (unpaired) electrons. The minimum Gasteiger partial charge on any atom is -0.395 e. The van der Waals surface area contributed by atoms with Gasteiger partial charge in [0.2, 0.25) is 0 Å². The molecule has 1 heterocycles. The molecule has 6 heteroatoms. The molecule has 23 heavy (non-hydrogen) atoms. The Morgan fingerprint density at radius 2 is 1.91 bits per heavy atom. The summed E-state index contributed by atoms with van der Waals surface area (Å²) in [7, 11) is 0. The van der Waals surface area contributed by atoms with E-state index in [2.05, 4.69) is 10.2 Å². The molecule has 2 N–H and O–H groups in total. The highest BCUT2D eigenvalue weighted by Crippen LogP contribution is 2.26. The first-order chi connectivity index (χ1) is 11.3. The summed E-state index contributed by atoms with van der Waals surface area (Å²) >= 11 is 0. The average Bonchev–Trinajstić information content (AvgIpc) is 2.60. The zero-order chi connectivity index (χ0) is 16.3. The number of morpholine rings is 1. The number of carbonyl (C=O) groups is 1. The second-order valence-corrected chi connectivity index (χ2v) is 6.69. The van der Waals surface area contributed by atoms with E-state index in [0.717, 1.165) is 51.7 Å². The summed E-state index contributed by atoms with van der Waals surface area (Å²) in [4.78, 5) is 16.4. The molecule has 1 saturated heterocycles. The third-order valence-corrected chi connectivity index (χ3v) is 5.00. The molecule has 0 aromatic carbocycles. The lowest BCUT2D eigenvalue weighted by atomic mass is 9.87. The van der Waals surface area contributed by atoms with Crippen molar-refractivity contribution in [2.45, 2.75) is 38.5 Å². The van der Waals surface area contributed by atoms with Crippen LogP contribution in [-0.2, 0) is 4.74 Å². The Kier molecular flexibility index (Phi) is 8.71. The van der Waals surface area contributed by atoms with Crippen molar-refractivity contribution in [1.82, 2.24) is 15.1 Å². The van der Waals surface area contributed by atoms with Crippen LogP contribution >= 0.6 is 0 Å². The zero-order valence-corrected chi connectivity index (χ0v) is 14.3. The molecular formula is C17H33N3O3. The molecule has 1 saturated carbocycles. The van der Waals surface area contributed by atoms with Crippen molar-refractivity contribution in [3.05, 3.63) is 0 Å². The molecule has 0 aromatic rings. The average molecular weight is 327 g/mol. The van der Waals surface area contributed by atoms with Gasteiger partial charge in [0.1, 0.15) is 0 Å². The molecule has 2 aliphatic rings. The van der Waals surface area contributed by atoms with E-state index in [-0.39, 0.29) is 12.6 Å². The number of hydrogen-bond acceptors (Lipinski definition) is 4. The van der Waals surface area contributed by atoms with E-state index in [9.17, 15) is 9.90 Å². The van der Waals surface area contributed by atoms with Gasteiger partial charge in [0, 0.05) is 39.3 Å². The molecule has 2 rings (SSSR count). The number of rotatable bonds is 8. The van der Waals surface area contributed by atoms with E-state index in [4.69, 9.17) is 4.74 Å². The van der Waals surface area contributed by atoms with E-state index in [1.807, 2.05) is 0 Å².